The van der Waals surface area contributed by atoms with Crippen molar-refractivity contribution in [3.63, 3.8) is 0 Å². The van der Waals surface area contributed by atoms with Gasteiger partial charge >= 0.3 is 0 Å². The van der Waals surface area contributed by atoms with E-state index in [1.807, 2.05) is 11.8 Å². The maximum Gasteiger partial charge on any atom is 0.0500 e. The number of thioether (sulfide) groups is 1. The summed E-state index contributed by atoms with van der Waals surface area (Å²) in [6.07, 6.45) is 1.19. The summed E-state index contributed by atoms with van der Waals surface area (Å²) in [6.45, 7) is 7.42. The molecule has 1 saturated heterocycles. The minimum atomic E-state index is -0.0903. The Morgan fingerprint density at radius 2 is 2.23 bits per heavy atom. The first-order valence-corrected chi connectivity index (χ1v) is 5.90. The number of hydrogen-bond acceptors (Lipinski definition) is 3. The summed E-state index contributed by atoms with van der Waals surface area (Å²) >= 11 is 2.00. The van der Waals surface area contributed by atoms with Gasteiger partial charge in [0.15, 0.2) is 0 Å². The van der Waals surface area contributed by atoms with E-state index in [2.05, 4.69) is 20.8 Å². The zero-order valence-electron chi connectivity index (χ0n) is 8.84. The van der Waals surface area contributed by atoms with Gasteiger partial charge in [-0.05, 0) is 18.1 Å². The minimum Gasteiger partial charge on any atom is -0.396 e. The predicted molar refractivity (Wildman–Crippen MR) is 58.9 cm³/mol. The van der Waals surface area contributed by atoms with Gasteiger partial charge in [-0.15, -0.1) is 0 Å². The summed E-state index contributed by atoms with van der Waals surface area (Å²) in [7, 11) is 0. The molecule has 1 heterocycles. The third-order valence-electron chi connectivity index (χ3n) is 3.39. The lowest BCUT2D eigenvalue weighted by Crippen LogP contribution is -2.44. The van der Waals surface area contributed by atoms with Gasteiger partial charge in [0.25, 0.3) is 0 Å². The van der Waals surface area contributed by atoms with Gasteiger partial charge in [-0.25, -0.2) is 0 Å². The van der Waals surface area contributed by atoms with Gasteiger partial charge in [0.2, 0.25) is 0 Å². The number of aliphatic hydroxyl groups excluding tert-OH is 1. The van der Waals surface area contributed by atoms with Gasteiger partial charge in [0, 0.05) is 23.3 Å². The van der Waals surface area contributed by atoms with Crippen molar-refractivity contribution in [2.24, 2.45) is 17.1 Å². The lowest BCUT2D eigenvalue weighted by molar-refractivity contribution is 0.0722. The molecule has 0 aliphatic carbocycles. The second-order valence-corrected chi connectivity index (χ2v) is 6.56. The Bertz CT molecular complexity index is 178. The van der Waals surface area contributed by atoms with Crippen molar-refractivity contribution in [2.75, 3.05) is 18.9 Å². The molecule has 13 heavy (non-hydrogen) atoms. The molecule has 3 N–H and O–H groups in total. The Hall–Kier alpha value is 0.270. The van der Waals surface area contributed by atoms with Crippen molar-refractivity contribution in [1.29, 1.82) is 0 Å². The molecular weight excluding hydrogens is 182 g/mol. The highest BCUT2D eigenvalue weighted by Crippen LogP contribution is 2.50. The van der Waals surface area contributed by atoms with Crippen LogP contribution < -0.4 is 5.73 Å². The molecule has 2 nitrogen and oxygen atoms in total. The first kappa shape index (κ1) is 11.3. The minimum absolute atomic E-state index is 0.0903. The fraction of sp³-hybridized carbons (Fsp3) is 1.00. The molecular formula is C10H21NOS. The first-order valence-electron chi connectivity index (χ1n) is 4.91. The van der Waals surface area contributed by atoms with E-state index in [1.165, 1.54) is 12.2 Å². The van der Waals surface area contributed by atoms with Gasteiger partial charge in [-0.2, -0.15) is 11.8 Å². The van der Waals surface area contributed by atoms with E-state index in [-0.39, 0.29) is 16.8 Å². The zero-order chi connectivity index (χ0) is 10.1. The van der Waals surface area contributed by atoms with Gasteiger partial charge in [0.1, 0.15) is 0 Å². The molecule has 2 unspecified atom stereocenters. The van der Waals surface area contributed by atoms with Crippen LogP contribution in [0.4, 0.5) is 0 Å². The molecule has 0 radical (unpaired) electrons. The van der Waals surface area contributed by atoms with Crippen LogP contribution in [0.15, 0.2) is 0 Å². The van der Waals surface area contributed by atoms with Crippen LogP contribution in [0.5, 0.6) is 0 Å². The summed E-state index contributed by atoms with van der Waals surface area (Å²) in [5.41, 5.74) is 5.66. The zero-order valence-corrected chi connectivity index (χ0v) is 9.66. The molecule has 2 atom stereocenters. The molecule has 1 fully saturated rings. The van der Waals surface area contributed by atoms with Crippen LogP contribution in [-0.4, -0.2) is 28.8 Å². The quantitative estimate of drug-likeness (QED) is 0.730. The van der Waals surface area contributed by atoms with Crippen LogP contribution in [-0.2, 0) is 0 Å². The van der Waals surface area contributed by atoms with Crippen molar-refractivity contribution in [3.05, 3.63) is 0 Å². The predicted octanol–water partition coefficient (Wildman–Crippen LogP) is 1.48. The molecule has 0 aromatic carbocycles. The third kappa shape index (κ3) is 2.03. The fourth-order valence-corrected chi connectivity index (χ4v) is 3.88. The topological polar surface area (TPSA) is 46.2 Å². The van der Waals surface area contributed by atoms with Crippen LogP contribution >= 0.6 is 11.8 Å². The molecule has 3 heteroatoms. The second kappa shape index (κ2) is 3.79. The van der Waals surface area contributed by atoms with Crippen molar-refractivity contribution in [1.82, 2.24) is 0 Å². The first-order chi connectivity index (χ1) is 5.96. The Morgan fingerprint density at radius 3 is 2.54 bits per heavy atom. The maximum atomic E-state index is 9.39. The molecule has 0 amide bonds. The highest BCUT2D eigenvalue weighted by atomic mass is 32.2. The molecule has 0 aromatic heterocycles. The highest BCUT2D eigenvalue weighted by Gasteiger charge is 2.45. The summed E-state index contributed by atoms with van der Waals surface area (Å²) in [5.74, 6) is 1.74. The van der Waals surface area contributed by atoms with E-state index in [0.717, 1.165) is 0 Å². The summed E-state index contributed by atoms with van der Waals surface area (Å²) in [4.78, 5) is 0. The SMILES string of the molecule is CC(CN)(CO)C1CCSC1(C)C. The normalized spacial score (nSPS) is 31.6. The summed E-state index contributed by atoms with van der Waals surface area (Å²) < 4.78 is 0.275. The monoisotopic (exact) mass is 203 g/mol. The molecule has 1 aliphatic rings. The smallest absolute Gasteiger partial charge is 0.0500 e. The van der Waals surface area contributed by atoms with Gasteiger partial charge < -0.3 is 10.8 Å². The van der Waals surface area contributed by atoms with Crippen LogP contribution in [0, 0.1) is 11.3 Å². The van der Waals surface area contributed by atoms with E-state index in [4.69, 9.17) is 5.73 Å². The van der Waals surface area contributed by atoms with Gasteiger partial charge in [0.05, 0.1) is 0 Å². The highest BCUT2D eigenvalue weighted by molar-refractivity contribution is 8.00. The molecule has 0 aromatic rings. The molecule has 1 rings (SSSR count). The average Bonchev–Trinajstić information content (AvgIpc) is 2.44. The molecule has 0 saturated carbocycles. The van der Waals surface area contributed by atoms with E-state index >= 15 is 0 Å². The lowest BCUT2D eigenvalue weighted by Gasteiger charge is -2.40. The third-order valence-corrected chi connectivity index (χ3v) is 4.86. The Labute approximate surface area is 85.3 Å². The van der Waals surface area contributed by atoms with Crippen LogP contribution in [0.1, 0.15) is 27.2 Å². The van der Waals surface area contributed by atoms with Crippen molar-refractivity contribution < 1.29 is 5.11 Å². The molecule has 0 bridgehead atoms. The summed E-state index contributed by atoms with van der Waals surface area (Å²) in [5, 5.41) is 9.39. The van der Waals surface area contributed by atoms with Crippen LogP contribution in [0.2, 0.25) is 0 Å². The Morgan fingerprint density at radius 1 is 1.62 bits per heavy atom. The van der Waals surface area contributed by atoms with Crippen molar-refractivity contribution in [3.8, 4) is 0 Å². The molecule has 78 valence electrons. The van der Waals surface area contributed by atoms with E-state index in [9.17, 15) is 5.11 Å². The van der Waals surface area contributed by atoms with Crippen LogP contribution in [0.3, 0.4) is 0 Å². The molecule has 1 aliphatic heterocycles. The number of aliphatic hydroxyl groups is 1. The molecule has 0 spiro atoms. The van der Waals surface area contributed by atoms with Gasteiger partial charge in [-0.1, -0.05) is 20.8 Å². The summed E-state index contributed by atoms with van der Waals surface area (Å²) in [6, 6.07) is 0. The fourth-order valence-electron chi connectivity index (χ4n) is 2.39. The van der Waals surface area contributed by atoms with E-state index in [0.29, 0.717) is 12.5 Å². The van der Waals surface area contributed by atoms with Gasteiger partial charge in [-0.3, -0.25) is 0 Å². The van der Waals surface area contributed by atoms with E-state index < -0.39 is 0 Å². The van der Waals surface area contributed by atoms with E-state index in [1.54, 1.807) is 0 Å². The van der Waals surface area contributed by atoms with Crippen LogP contribution in [0.25, 0.3) is 0 Å². The number of hydrogen-bond donors (Lipinski definition) is 2. The van der Waals surface area contributed by atoms with Crippen molar-refractivity contribution in [2.45, 2.75) is 31.9 Å². The second-order valence-electron chi connectivity index (χ2n) is 4.81. The number of rotatable bonds is 3. The van der Waals surface area contributed by atoms with Crippen molar-refractivity contribution >= 4 is 11.8 Å². The standard InChI is InChI=1S/C10H21NOS/c1-9(2)8(4-5-13-9)10(3,6-11)7-12/h8,12H,4-7,11H2,1-3H3. The Balaban J connectivity index is 2.80. The lowest BCUT2D eigenvalue weighted by atomic mass is 9.70. The Kier molecular flexibility index (Phi) is 3.31. The number of nitrogens with two attached hydrogens (primary N) is 1. The average molecular weight is 203 g/mol. The largest absolute Gasteiger partial charge is 0.396 e. The maximum absolute atomic E-state index is 9.39.